The van der Waals surface area contributed by atoms with Crippen LogP contribution in [0.2, 0.25) is 0 Å². The maximum Gasteiger partial charge on any atom is 0.410 e. The van der Waals surface area contributed by atoms with E-state index >= 15 is 0 Å². The lowest BCUT2D eigenvalue weighted by atomic mass is 9.82. The number of ether oxygens (including phenoxy) is 1. The third kappa shape index (κ3) is 5.70. The molecule has 1 aromatic rings. The van der Waals surface area contributed by atoms with Crippen LogP contribution in [0.5, 0.6) is 0 Å². The summed E-state index contributed by atoms with van der Waals surface area (Å²) in [6, 6.07) is 7.70. The summed E-state index contributed by atoms with van der Waals surface area (Å²) in [7, 11) is 0. The summed E-state index contributed by atoms with van der Waals surface area (Å²) in [5, 5.41) is 0. The second-order valence-electron chi connectivity index (χ2n) is 9.64. The van der Waals surface area contributed by atoms with Crippen molar-refractivity contribution in [2.75, 3.05) is 26.2 Å². The molecular formula is C25H37BrN2O3. The predicted molar refractivity (Wildman–Crippen MR) is 127 cm³/mol. The van der Waals surface area contributed by atoms with E-state index < -0.39 is 0 Å². The smallest absolute Gasteiger partial charge is 0.410 e. The molecule has 0 saturated carbocycles. The Morgan fingerprint density at radius 1 is 1.06 bits per heavy atom. The molecule has 31 heavy (non-hydrogen) atoms. The maximum absolute atomic E-state index is 12.9. The molecule has 0 N–H and O–H groups in total. The first kappa shape index (κ1) is 24.2. The molecule has 0 radical (unpaired) electrons. The average Bonchev–Trinajstić information content (AvgIpc) is 2.79. The van der Waals surface area contributed by atoms with Crippen molar-refractivity contribution >= 4 is 27.8 Å². The molecule has 1 amide bonds. The van der Waals surface area contributed by atoms with Gasteiger partial charge >= 0.3 is 6.09 Å². The lowest BCUT2D eigenvalue weighted by molar-refractivity contribution is -0.0242. The number of benzene rings is 1. The molecule has 0 aromatic heterocycles. The second kappa shape index (κ2) is 10.0. The van der Waals surface area contributed by atoms with E-state index in [-0.39, 0.29) is 28.9 Å². The van der Waals surface area contributed by atoms with Crippen molar-refractivity contribution in [3.63, 3.8) is 0 Å². The van der Waals surface area contributed by atoms with E-state index in [1.807, 2.05) is 36.1 Å². The number of carbonyl (C=O) groups excluding carboxylic acids is 2. The zero-order valence-electron chi connectivity index (χ0n) is 19.5. The standard InChI is InChI=1S/C25H37BrN2O3/c1-5-25(4,6-2)31-23(30)27-17-13-24(3,14-18-27)28-15-11-20(12-16-28)22(29)19-7-9-21(26)10-8-19/h7-10,20H,5-6,11-18H2,1-4H3. The van der Waals surface area contributed by atoms with Gasteiger partial charge in [0.25, 0.3) is 0 Å². The highest BCUT2D eigenvalue weighted by Crippen LogP contribution is 2.34. The van der Waals surface area contributed by atoms with Gasteiger partial charge in [-0.2, -0.15) is 0 Å². The van der Waals surface area contributed by atoms with Gasteiger partial charge in [0.1, 0.15) is 5.60 Å². The number of ketones is 1. The Morgan fingerprint density at radius 3 is 2.13 bits per heavy atom. The van der Waals surface area contributed by atoms with Crippen LogP contribution < -0.4 is 0 Å². The predicted octanol–water partition coefficient (Wildman–Crippen LogP) is 5.91. The summed E-state index contributed by atoms with van der Waals surface area (Å²) in [4.78, 5) is 29.9. The zero-order valence-corrected chi connectivity index (χ0v) is 21.0. The molecular weight excluding hydrogens is 456 g/mol. The van der Waals surface area contributed by atoms with Gasteiger partial charge in [-0.15, -0.1) is 0 Å². The number of carbonyl (C=O) groups is 2. The minimum Gasteiger partial charge on any atom is -0.443 e. The molecule has 2 heterocycles. The average molecular weight is 493 g/mol. The topological polar surface area (TPSA) is 49.9 Å². The van der Waals surface area contributed by atoms with E-state index in [9.17, 15) is 9.59 Å². The number of halogens is 1. The van der Waals surface area contributed by atoms with Crippen LogP contribution in [0.1, 0.15) is 76.6 Å². The Balaban J connectivity index is 1.50. The van der Waals surface area contributed by atoms with E-state index in [1.165, 1.54) is 0 Å². The fourth-order valence-electron chi connectivity index (χ4n) is 4.69. The molecule has 2 aliphatic rings. The molecule has 0 atom stereocenters. The molecule has 172 valence electrons. The molecule has 6 heteroatoms. The van der Waals surface area contributed by atoms with Gasteiger partial charge in [-0.3, -0.25) is 9.69 Å². The normalized spacial score (nSPS) is 20.5. The van der Waals surface area contributed by atoms with Crippen LogP contribution in [0, 0.1) is 5.92 Å². The van der Waals surface area contributed by atoms with E-state index in [2.05, 4.69) is 41.6 Å². The van der Waals surface area contributed by atoms with Gasteiger partial charge in [0, 0.05) is 34.6 Å². The highest BCUT2D eigenvalue weighted by Gasteiger charge is 2.40. The van der Waals surface area contributed by atoms with Crippen LogP contribution in [0.15, 0.2) is 28.7 Å². The summed E-state index contributed by atoms with van der Waals surface area (Å²) in [6.07, 6.45) is 5.18. The largest absolute Gasteiger partial charge is 0.443 e. The van der Waals surface area contributed by atoms with Crippen LogP contribution in [-0.2, 0) is 4.74 Å². The van der Waals surface area contributed by atoms with Gasteiger partial charge in [0.05, 0.1) is 0 Å². The number of hydrogen-bond donors (Lipinski definition) is 0. The highest BCUT2D eigenvalue weighted by atomic mass is 79.9. The van der Waals surface area contributed by atoms with Crippen LogP contribution in [-0.4, -0.2) is 59.0 Å². The lowest BCUT2D eigenvalue weighted by Crippen LogP contribution is -2.57. The SMILES string of the molecule is CCC(C)(CC)OC(=O)N1CCC(C)(N2CCC(C(=O)c3ccc(Br)cc3)CC2)CC1. The molecule has 0 spiro atoms. The Bertz CT molecular complexity index is 759. The van der Waals surface area contributed by atoms with Crippen LogP contribution >= 0.6 is 15.9 Å². The second-order valence-corrected chi connectivity index (χ2v) is 10.6. The number of nitrogens with zero attached hydrogens (tertiary/aromatic N) is 2. The molecule has 0 bridgehead atoms. The molecule has 1 aromatic carbocycles. The van der Waals surface area contributed by atoms with E-state index in [1.54, 1.807) is 0 Å². The summed E-state index contributed by atoms with van der Waals surface area (Å²) < 4.78 is 6.81. The minimum atomic E-state index is -0.374. The Kier molecular flexibility index (Phi) is 7.85. The summed E-state index contributed by atoms with van der Waals surface area (Å²) in [5.41, 5.74) is 0.522. The fourth-order valence-corrected chi connectivity index (χ4v) is 4.95. The van der Waals surface area contributed by atoms with Crippen molar-refractivity contribution in [3.8, 4) is 0 Å². The van der Waals surface area contributed by atoms with Crippen LogP contribution in [0.4, 0.5) is 4.79 Å². The minimum absolute atomic E-state index is 0.0845. The third-order valence-electron chi connectivity index (χ3n) is 7.69. The first-order valence-corrected chi connectivity index (χ1v) is 12.5. The molecule has 2 fully saturated rings. The van der Waals surface area contributed by atoms with Gasteiger partial charge in [-0.25, -0.2) is 4.79 Å². The maximum atomic E-state index is 12.9. The number of Topliss-reactive ketones (excluding diaryl/α,β-unsaturated/α-hetero) is 1. The van der Waals surface area contributed by atoms with Crippen LogP contribution in [0.3, 0.4) is 0 Å². The Morgan fingerprint density at radius 2 is 1.61 bits per heavy atom. The number of piperidine rings is 2. The molecule has 0 unspecified atom stereocenters. The van der Waals surface area contributed by atoms with Crippen molar-refractivity contribution in [2.45, 2.75) is 77.4 Å². The molecule has 3 rings (SSSR count). The molecule has 0 aliphatic carbocycles. The van der Waals surface area contributed by atoms with E-state index in [0.29, 0.717) is 0 Å². The van der Waals surface area contributed by atoms with Crippen LogP contribution in [0.25, 0.3) is 0 Å². The van der Waals surface area contributed by atoms with Crippen molar-refractivity contribution in [2.24, 2.45) is 5.92 Å². The Labute approximate surface area is 195 Å². The summed E-state index contributed by atoms with van der Waals surface area (Å²) >= 11 is 3.43. The number of rotatable bonds is 6. The zero-order chi connectivity index (χ0) is 22.6. The number of amides is 1. The van der Waals surface area contributed by atoms with Gasteiger partial charge in [0.15, 0.2) is 5.78 Å². The first-order valence-electron chi connectivity index (χ1n) is 11.7. The summed E-state index contributed by atoms with van der Waals surface area (Å²) in [6.45, 7) is 11.8. The Hall–Kier alpha value is -1.40. The first-order chi connectivity index (χ1) is 14.7. The van der Waals surface area contributed by atoms with Crippen molar-refractivity contribution in [1.29, 1.82) is 0 Å². The molecule has 2 aliphatic heterocycles. The number of hydrogen-bond acceptors (Lipinski definition) is 4. The van der Waals surface area contributed by atoms with Crippen molar-refractivity contribution in [1.82, 2.24) is 9.80 Å². The lowest BCUT2D eigenvalue weighted by Gasteiger charge is -2.49. The van der Waals surface area contributed by atoms with Gasteiger partial charge in [-0.1, -0.05) is 41.9 Å². The fraction of sp³-hybridized carbons (Fsp3) is 0.680. The van der Waals surface area contributed by atoms with Gasteiger partial charge < -0.3 is 9.64 Å². The van der Waals surface area contributed by atoms with Crippen molar-refractivity contribution < 1.29 is 14.3 Å². The van der Waals surface area contributed by atoms with Crippen molar-refractivity contribution in [3.05, 3.63) is 34.3 Å². The highest BCUT2D eigenvalue weighted by molar-refractivity contribution is 9.10. The van der Waals surface area contributed by atoms with Gasteiger partial charge in [-0.05, 0) is 77.6 Å². The quantitative estimate of drug-likeness (QED) is 0.462. The molecule has 5 nitrogen and oxygen atoms in total. The molecule has 2 saturated heterocycles. The summed E-state index contributed by atoms with van der Waals surface area (Å²) in [5.74, 6) is 0.377. The monoisotopic (exact) mass is 492 g/mol. The van der Waals surface area contributed by atoms with E-state index in [0.717, 1.165) is 74.7 Å². The van der Waals surface area contributed by atoms with Gasteiger partial charge in [0.2, 0.25) is 0 Å². The van der Waals surface area contributed by atoms with E-state index in [4.69, 9.17) is 4.74 Å². The third-order valence-corrected chi connectivity index (χ3v) is 8.21. The number of likely N-dealkylation sites (tertiary alicyclic amines) is 2.